The van der Waals surface area contributed by atoms with Crippen molar-refractivity contribution in [2.24, 2.45) is 0 Å². The van der Waals surface area contributed by atoms with Gasteiger partial charge in [0, 0.05) is 13.1 Å². The molecule has 1 aliphatic heterocycles. The Kier molecular flexibility index (Phi) is 6.70. The molecule has 1 saturated heterocycles. The van der Waals surface area contributed by atoms with E-state index in [-0.39, 0.29) is 40.6 Å². The summed E-state index contributed by atoms with van der Waals surface area (Å²) in [6, 6.07) is 9.73. The number of benzene rings is 2. The molecule has 0 atom stereocenters. The van der Waals surface area contributed by atoms with Crippen LogP contribution in [0.5, 0.6) is 11.5 Å². The van der Waals surface area contributed by atoms with E-state index in [1.807, 2.05) is 0 Å². The molecule has 3 rings (SSSR count). The Balaban J connectivity index is 1.76. The maximum atomic E-state index is 12.7. The van der Waals surface area contributed by atoms with Gasteiger partial charge in [-0.25, -0.2) is 18.0 Å². The number of sulfonamides is 1. The number of hydrogen-bond donors (Lipinski definition) is 0. The maximum Gasteiger partial charge on any atom is 0.343 e. The van der Waals surface area contributed by atoms with E-state index in [1.165, 1.54) is 61.0 Å². The molecule has 0 radical (unpaired) electrons. The summed E-state index contributed by atoms with van der Waals surface area (Å²) < 4.78 is 47.0. The molecule has 1 aliphatic rings. The second-order valence-electron chi connectivity index (χ2n) is 6.29. The van der Waals surface area contributed by atoms with E-state index in [1.54, 1.807) is 0 Å². The van der Waals surface area contributed by atoms with E-state index in [2.05, 4.69) is 4.74 Å². The SMILES string of the molecule is COC(=O)c1ccc(OC(=O)c2ccc(S(=O)(=O)N3CCOCC3)cc2)c(OC)c1. The van der Waals surface area contributed by atoms with Crippen molar-refractivity contribution in [3.05, 3.63) is 53.6 Å². The third kappa shape index (κ3) is 4.61. The molecule has 2 aromatic carbocycles. The van der Waals surface area contributed by atoms with Crippen molar-refractivity contribution in [2.75, 3.05) is 40.5 Å². The lowest BCUT2D eigenvalue weighted by molar-refractivity contribution is 0.0600. The van der Waals surface area contributed by atoms with Crippen LogP contribution in [-0.2, 0) is 19.5 Å². The van der Waals surface area contributed by atoms with Crippen LogP contribution in [0, 0.1) is 0 Å². The number of carbonyl (C=O) groups is 2. The number of ether oxygens (including phenoxy) is 4. The van der Waals surface area contributed by atoms with Crippen LogP contribution in [-0.4, -0.2) is 65.2 Å². The molecule has 0 bridgehead atoms. The van der Waals surface area contributed by atoms with Crippen LogP contribution in [0.3, 0.4) is 0 Å². The molecular weight excluding hydrogens is 414 g/mol. The Bertz CT molecular complexity index is 1030. The van der Waals surface area contributed by atoms with Crippen LogP contribution in [0.15, 0.2) is 47.4 Å². The quantitative estimate of drug-likeness (QED) is 0.499. The molecule has 0 aromatic heterocycles. The number of carbonyl (C=O) groups excluding carboxylic acids is 2. The lowest BCUT2D eigenvalue weighted by atomic mass is 10.2. The molecule has 9 nitrogen and oxygen atoms in total. The summed E-state index contributed by atoms with van der Waals surface area (Å²) in [5.41, 5.74) is 0.404. The fourth-order valence-electron chi connectivity index (χ4n) is 2.85. The van der Waals surface area contributed by atoms with Crippen molar-refractivity contribution in [3.8, 4) is 11.5 Å². The van der Waals surface area contributed by atoms with Crippen molar-refractivity contribution in [3.63, 3.8) is 0 Å². The first-order valence-corrected chi connectivity index (χ1v) is 10.5. The first kappa shape index (κ1) is 21.8. The zero-order valence-electron chi connectivity index (χ0n) is 16.5. The molecule has 0 aliphatic carbocycles. The molecule has 1 fully saturated rings. The highest BCUT2D eigenvalue weighted by Crippen LogP contribution is 2.29. The van der Waals surface area contributed by atoms with Crippen molar-refractivity contribution >= 4 is 22.0 Å². The summed E-state index contributed by atoms with van der Waals surface area (Å²) in [7, 11) is -1.02. The van der Waals surface area contributed by atoms with Gasteiger partial charge in [-0.3, -0.25) is 0 Å². The predicted molar refractivity (Wildman–Crippen MR) is 105 cm³/mol. The third-order valence-corrected chi connectivity index (χ3v) is 6.40. The Hall–Kier alpha value is -2.95. The van der Waals surface area contributed by atoms with Crippen LogP contribution < -0.4 is 9.47 Å². The van der Waals surface area contributed by atoms with E-state index in [0.29, 0.717) is 13.2 Å². The van der Waals surface area contributed by atoms with E-state index >= 15 is 0 Å². The van der Waals surface area contributed by atoms with Gasteiger partial charge in [0.25, 0.3) is 0 Å². The van der Waals surface area contributed by atoms with Gasteiger partial charge in [0.2, 0.25) is 10.0 Å². The van der Waals surface area contributed by atoms with Crippen molar-refractivity contribution in [2.45, 2.75) is 4.90 Å². The highest BCUT2D eigenvalue weighted by Gasteiger charge is 2.26. The first-order chi connectivity index (χ1) is 14.4. The van der Waals surface area contributed by atoms with E-state index in [4.69, 9.17) is 14.2 Å². The van der Waals surface area contributed by atoms with Crippen LogP contribution in [0.2, 0.25) is 0 Å². The molecule has 0 amide bonds. The van der Waals surface area contributed by atoms with Gasteiger partial charge >= 0.3 is 11.9 Å². The van der Waals surface area contributed by atoms with Gasteiger partial charge in [-0.15, -0.1) is 0 Å². The highest BCUT2D eigenvalue weighted by molar-refractivity contribution is 7.89. The van der Waals surface area contributed by atoms with E-state index in [9.17, 15) is 18.0 Å². The zero-order valence-corrected chi connectivity index (χ0v) is 17.3. The van der Waals surface area contributed by atoms with Gasteiger partial charge in [-0.05, 0) is 42.5 Å². The van der Waals surface area contributed by atoms with Gasteiger partial charge in [0.1, 0.15) is 0 Å². The molecule has 2 aromatic rings. The fourth-order valence-corrected chi connectivity index (χ4v) is 4.26. The normalized spacial score (nSPS) is 14.7. The van der Waals surface area contributed by atoms with E-state index < -0.39 is 22.0 Å². The molecular formula is C20H21NO8S. The molecule has 0 unspecified atom stereocenters. The summed E-state index contributed by atoms with van der Waals surface area (Å²) in [6.07, 6.45) is 0. The summed E-state index contributed by atoms with van der Waals surface area (Å²) >= 11 is 0. The molecule has 1 heterocycles. The number of nitrogens with zero attached hydrogens (tertiary/aromatic N) is 1. The fraction of sp³-hybridized carbons (Fsp3) is 0.300. The monoisotopic (exact) mass is 435 g/mol. The number of morpholine rings is 1. The van der Waals surface area contributed by atoms with Gasteiger partial charge in [0.05, 0.1) is 43.5 Å². The predicted octanol–water partition coefficient (Wildman–Crippen LogP) is 1.72. The number of esters is 2. The Labute approximate surface area is 174 Å². The van der Waals surface area contributed by atoms with E-state index in [0.717, 1.165) is 0 Å². The van der Waals surface area contributed by atoms with Crippen LogP contribution in [0.1, 0.15) is 20.7 Å². The second-order valence-corrected chi connectivity index (χ2v) is 8.23. The minimum absolute atomic E-state index is 0.0842. The topological polar surface area (TPSA) is 108 Å². The standard InChI is InChI=1S/C20H21NO8S/c1-26-18-13-15(19(22)27-2)5-8-17(18)29-20(23)14-3-6-16(7-4-14)30(24,25)21-9-11-28-12-10-21/h3-8,13H,9-12H2,1-2H3. The summed E-state index contributed by atoms with van der Waals surface area (Å²) in [4.78, 5) is 24.2. The van der Waals surface area contributed by atoms with Gasteiger partial charge < -0.3 is 18.9 Å². The third-order valence-electron chi connectivity index (χ3n) is 4.49. The molecule has 0 saturated carbocycles. The van der Waals surface area contributed by atoms with Crippen molar-refractivity contribution in [1.82, 2.24) is 4.31 Å². The maximum absolute atomic E-state index is 12.7. The first-order valence-electron chi connectivity index (χ1n) is 9.03. The average Bonchev–Trinajstić information content (AvgIpc) is 2.79. The highest BCUT2D eigenvalue weighted by atomic mass is 32.2. The Morgan fingerprint density at radius 1 is 0.900 bits per heavy atom. The Morgan fingerprint density at radius 2 is 1.53 bits per heavy atom. The number of hydrogen-bond acceptors (Lipinski definition) is 8. The zero-order chi connectivity index (χ0) is 21.7. The second kappa shape index (κ2) is 9.24. The molecule has 0 N–H and O–H groups in total. The lowest BCUT2D eigenvalue weighted by Crippen LogP contribution is -2.40. The van der Waals surface area contributed by atoms with Gasteiger partial charge in [-0.2, -0.15) is 4.31 Å². The van der Waals surface area contributed by atoms with Gasteiger partial charge in [0.15, 0.2) is 11.5 Å². The van der Waals surface area contributed by atoms with Crippen molar-refractivity contribution < 1.29 is 37.0 Å². The molecule has 30 heavy (non-hydrogen) atoms. The minimum Gasteiger partial charge on any atom is -0.493 e. The summed E-state index contributed by atoms with van der Waals surface area (Å²) in [5, 5.41) is 0. The van der Waals surface area contributed by atoms with Gasteiger partial charge in [-0.1, -0.05) is 0 Å². The average molecular weight is 435 g/mol. The minimum atomic E-state index is -3.65. The molecule has 0 spiro atoms. The largest absolute Gasteiger partial charge is 0.493 e. The molecule has 10 heteroatoms. The number of methoxy groups -OCH3 is 2. The number of rotatable bonds is 6. The van der Waals surface area contributed by atoms with Crippen LogP contribution in [0.25, 0.3) is 0 Å². The summed E-state index contributed by atoms with van der Waals surface area (Å²) in [5.74, 6) is -0.962. The molecule has 160 valence electrons. The van der Waals surface area contributed by atoms with Crippen molar-refractivity contribution in [1.29, 1.82) is 0 Å². The summed E-state index contributed by atoms with van der Waals surface area (Å²) in [6.45, 7) is 1.27. The Morgan fingerprint density at radius 3 is 2.13 bits per heavy atom. The van der Waals surface area contributed by atoms with Crippen LogP contribution >= 0.6 is 0 Å². The smallest absolute Gasteiger partial charge is 0.343 e. The van der Waals surface area contributed by atoms with Crippen LogP contribution in [0.4, 0.5) is 0 Å². The lowest BCUT2D eigenvalue weighted by Gasteiger charge is -2.26.